The average molecular weight is 320 g/mol. The van der Waals surface area contributed by atoms with Gasteiger partial charge in [-0.1, -0.05) is 18.2 Å². The maximum absolute atomic E-state index is 11.9. The summed E-state index contributed by atoms with van der Waals surface area (Å²) in [5.74, 6) is -0.399. The molecule has 1 saturated heterocycles. The Bertz CT molecular complexity index is 558. The number of urea groups is 1. The summed E-state index contributed by atoms with van der Waals surface area (Å²) in [7, 11) is 1.85. The fourth-order valence-corrected chi connectivity index (χ4v) is 2.59. The third-order valence-electron chi connectivity index (χ3n) is 4.05. The zero-order valence-electron chi connectivity index (χ0n) is 13.6. The molecule has 1 atom stereocenters. The van der Waals surface area contributed by atoms with Gasteiger partial charge < -0.3 is 15.4 Å². The fourth-order valence-electron chi connectivity index (χ4n) is 2.59. The number of benzene rings is 1. The number of hydrogen-bond acceptors (Lipinski definition) is 5. The molecule has 1 aromatic carbocycles. The Hall–Kier alpha value is -2.12. The van der Waals surface area contributed by atoms with Gasteiger partial charge in [0.05, 0.1) is 19.3 Å². The first kappa shape index (κ1) is 17.2. The van der Waals surface area contributed by atoms with Crippen molar-refractivity contribution in [1.82, 2.24) is 10.2 Å². The first-order valence-electron chi connectivity index (χ1n) is 7.70. The van der Waals surface area contributed by atoms with Crippen LogP contribution in [-0.2, 0) is 16.1 Å². The highest BCUT2D eigenvalue weighted by atomic mass is 16.5. The first-order chi connectivity index (χ1) is 11.0. The minimum Gasteiger partial charge on any atom is -0.378 e. The van der Waals surface area contributed by atoms with Crippen molar-refractivity contribution in [2.45, 2.75) is 19.5 Å². The molecule has 0 unspecified atom stereocenters. The molecule has 0 aliphatic carbocycles. The zero-order chi connectivity index (χ0) is 16.8. The van der Waals surface area contributed by atoms with Crippen LogP contribution in [0.3, 0.4) is 0 Å². The molecule has 1 aromatic rings. The average Bonchev–Trinajstić information content (AvgIpc) is 2.54. The van der Waals surface area contributed by atoms with Crippen LogP contribution in [0.5, 0.6) is 0 Å². The van der Waals surface area contributed by atoms with Crippen molar-refractivity contribution in [3.05, 3.63) is 29.8 Å². The lowest BCUT2D eigenvalue weighted by Crippen LogP contribution is -2.47. The minimum atomic E-state index is -0.830. The van der Waals surface area contributed by atoms with E-state index in [9.17, 15) is 9.59 Å². The second-order valence-corrected chi connectivity index (χ2v) is 5.67. The summed E-state index contributed by atoms with van der Waals surface area (Å²) in [5, 5.41) is 2.12. The number of carbonyl (C=O) groups is 2. The Labute approximate surface area is 136 Å². The highest BCUT2D eigenvalue weighted by Crippen LogP contribution is 2.23. The zero-order valence-corrected chi connectivity index (χ0v) is 13.6. The Morgan fingerprint density at radius 1 is 1.35 bits per heavy atom. The van der Waals surface area contributed by atoms with E-state index in [2.05, 4.69) is 22.3 Å². The Morgan fingerprint density at radius 2 is 2.00 bits per heavy atom. The molecule has 2 rings (SSSR count). The van der Waals surface area contributed by atoms with Gasteiger partial charge in [0.15, 0.2) is 0 Å². The predicted molar refractivity (Wildman–Crippen MR) is 88.1 cm³/mol. The molecular weight excluding hydrogens is 296 g/mol. The number of nitrogens with one attached hydrogen (secondary N) is 1. The summed E-state index contributed by atoms with van der Waals surface area (Å²) >= 11 is 0. The lowest BCUT2D eigenvalue weighted by molar-refractivity contribution is -0.124. The van der Waals surface area contributed by atoms with E-state index in [1.807, 2.05) is 24.1 Å². The standard InChI is InChI=1S/C16H24N4O3/c1-12(15(21)18-16(17)22)19(2)11-13-5-3-4-6-14(13)20-7-9-23-10-8-20/h3-6,12H,7-11H2,1-2H3,(H3,17,18,21,22)/t12-/m1/s1. The van der Waals surface area contributed by atoms with Crippen LogP contribution in [0.2, 0.25) is 0 Å². The number of imide groups is 1. The number of rotatable bonds is 5. The van der Waals surface area contributed by atoms with Gasteiger partial charge in [-0.25, -0.2) is 4.79 Å². The van der Waals surface area contributed by atoms with Crippen LogP contribution in [0.4, 0.5) is 10.5 Å². The van der Waals surface area contributed by atoms with Crippen molar-refractivity contribution in [3.63, 3.8) is 0 Å². The maximum atomic E-state index is 11.9. The monoisotopic (exact) mass is 320 g/mol. The van der Waals surface area contributed by atoms with Gasteiger partial charge in [-0.15, -0.1) is 0 Å². The van der Waals surface area contributed by atoms with E-state index in [0.717, 1.165) is 37.6 Å². The molecule has 1 heterocycles. The molecule has 23 heavy (non-hydrogen) atoms. The number of anilines is 1. The molecular formula is C16H24N4O3. The molecule has 1 aliphatic rings. The van der Waals surface area contributed by atoms with Crippen LogP contribution >= 0.6 is 0 Å². The van der Waals surface area contributed by atoms with Crippen LogP contribution in [0, 0.1) is 0 Å². The number of amides is 3. The van der Waals surface area contributed by atoms with Crippen LogP contribution in [-0.4, -0.2) is 56.2 Å². The van der Waals surface area contributed by atoms with Gasteiger partial charge >= 0.3 is 6.03 Å². The lowest BCUT2D eigenvalue weighted by atomic mass is 10.1. The van der Waals surface area contributed by atoms with Gasteiger partial charge in [-0.3, -0.25) is 15.0 Å². The van der Waals surface area contributed by atoms with E-state index in [1.54, 1.807) is 6.92 Å². The van der Waals surface area contributed by atoms with Gasteiger partial charge in [0.1, 0.15) is 0 Å². The molecule has 0 bridgehead atoms. The summed E-state index contributed by atoms with van der Waals surface area (Å²) in [4.78, 5) is 26.9. The number of nitrogens with two attached hydrogens (primary N) is 1. The minimum absolute atomic E-state index is 0.399. The van der Waals surface area contributed by atoms with Crippen LogP contribution in [0.1, 0.15) is 12.5 Å². The van der Waals surface area contributed by atoms with Crippen LogP contribution in [0.15, 0.2) is 24.3 Å². The van der Waals surface area contributed by atoms with Crippen LogP contribution in [0.25, 0.3) is 0 Å². The molecule has 126 valence electrons. The number of morpholine rings is 1. The van der Waals surface area contributed by atoms with Crippen LogP contribution < -0.4 is 16.0 Å². The third kappa shape index (κ3) is 4.67. The lowest BCUT2D eigenvalue weighted by Gasteiger charge is -2.32. The fraction of sp³-hybridized carbons (Fsp3) is 0.500. The van der Waals surface area contributed by atoms with Gasteiger partial charge in [-0.05, 0) is 25.6 Å². The molecule has 0 spiro atoms. The van der Waals surface area contributed by atoms with Crippen molar-refractivity contribution in [3.8, 4) is 0 Å². The number of hydrogen-bond donors (Lipinski definition) is 2. The van der Waals surface area contributed by atoms with Gasteiger partial charge in [-0.2, -0.15) is 0 Å². The predicted octanol–water partition coefficient (Wildman–Crippen LogP) is 0.538. The smallest absolute Gasteiger partial charge is 0.318 e. The molecule has 1 aliphatic heterocycles. The second-order valence-electron chi connectivity index (χ2n) is 5.67. The molecule has 0 aromatic heterocycles. The van der Waals surface area contributed by atoms with E-state index < -0.39 is 18.0 Å². The summed E-state index contributed by atoms with van der Waals surface area (Å²) in [6.45, 7) is 5.51. The van der Waals surface area contributed by atoms with Gasteiger partial charge in [0.2, 0.25) is 5.91 Å². The van der Waals surface area contributed by atoms with E-state index in [4.69, 9.17) is 10.5 Å². The summed E-state index contributed by atoms with van der Waals surface area (Å²) < 4.78 is 5.40. The summed E-state index contributed by atoms with van der Waals surface area (Å²) in [5.41, 5.74) is 7.29. The van der Waals surface area contributed by atoms with Gasteiger partial charge in [0, 0.05) is 25.3 Å². The van der Waals surface area contributed by atoms with Crippen molar-refractivity contribution < 1.29 is 14.3 Å². The van der Waals surface area contributed by atoms with Gasteiger partial charge in [0.25, 0.3) is 0 Å². The summed E-state index contributed by atoms with van der Waals surface area (Å²) in [6.07, 6.45) is 0. The third-order valence-corrected chi connectivity index (χ3v) is 4.05. The first-order valence-corrected chi connectivity index (χ1v) is 7.70. The number of ether oxygens (including phenoxy) is 1. The molecule has 1 fully saturated rings. The highest BCUT2D eigenvalue weighted by Gasteiger charge is 2.21. The quantitative estimate of drug-likeness (QED) is 0.827. The molecule has 7 nitrogen and oxygen atoms in total. The van der Waals surface area contributed by atoms with E-state index >= 15 is 0 Å². The molecule has 0 radical (unpaired) electrons. The molecule has 0 saturated carbocycles. The largest absolute Gasteiger partial charge is 0.378 e. The van der Waals surface area contributed by atoms with E-state index in [-0.39, 0.29) is 0 Å². The molecule has 3 amide bonds. The Morgan fingerprint density at radius 3 is 2.65 bits per heavy atom. The van der Waals surface area contributed by atoms with Crippen molar-refractivity contribution in [2.24, 2.45) is 5.73 Å². The summed E-state index contributed by atoms with van der Waals surface area (Å²) in [6, 6.07) is 6.85. The van der Waals surface area contributed by atoms with Crippen molar-refractivity contribution in [2.75, 3.05) is 38.3 Å². The highest BCUT2D eigenvalue weighted by molar-refractivity contribution is 5.96. The number of likely N-dealkylation sites (N-methyl/N-ethyl adjacent to an activating group) is 1. The Balaban J connectivity index is 2.07. The number of primary amides is 1. The molecule has 3 N–H and O–H groups in total. The van der Waals surface area contributed by atoms with Crippen molar-refractivity contribution in [1.29, 1.82) is 0 Å². The van der Waals surface area contributed by atoms with Crippen molar-refractivity contribution >= 4 is 17.6 Å². The number of carbonyl (C=O) groups excluding carboxylic acids is 2. The normalized spacial score (nSPS) is 16.2. The Kier molecular flexibility index (Phi) is 5.95. The second kappa shape index (κ2) is 7.94. The number of nitrogens with zero attached hydrogens (tertiary/aromatic N) is 2. The maximum Gasteiger partial charge on any atom is 0.318 e. The topological polar surface area (TPSA) is 87.9 Å². The van der Waals surface area contributed by atoms with E-state index in [1.165, 1.54) is 0 Å². The SMILES string of the molecule is C[C@H](C(=O)NC(N)=O)N(C)Cc1ccccc1N1CCOCC1. The van der Waals surface area contributed by atoms with E-state index in [0.29, 0.717) is 6.54 Å². The molecule has 7 heteroatoms. The number of para-hydroxylation sites is 1.